The van der Waals surface area contributed by atoms with Gasteiger partial charge in [-0.2, -0.15) is 0 Å². The van der Waals surface area contributed by atoms with Crippen molar-refractivity contribution in [1.82, 2.24) is 10.6 Å². The van der Waals surface area contributed by atoms with Gasteiger partial charge in [0.05, 0.1) is 0 Å². The van der Waals surface area contributed by atoms with Gasteiger partial charge < -0.3 is 16.0 Å². The van der Waals surface area contributed by atoms with Crippen LogP contribution in [0.3, 0.4) is 0 Å². The molecule has 0 radical (unpaired) electrons. The summed E-state index contributed by atoms with van der Waals surface area (Å²) in [5, 5.41) is 9.26. The molecular formula is C20H22ClN3O2. The Morgan fingerprint density at radius 2 is 1.77 bits per heavy atom. The zero-order valence-electron chi connectivity index (χ0n) is 14.4. The fourth-order valence-corrected chi connectivity index (χ4v) is 2.82. The number of carbonyl (C=O) groups is 2. The molecule has 0 aromatic heterocycles. The van der Waals surface area contributed by atoms with E-state index in [0.717, 1.165) is 36.1 Å². The van der Waals surface area contributed by atoms with Gasteiger partial charge in [0.1, 0.15) is 0 Å². The van der Waals surface area contributed by atoms with Crippen molar-refractivity contribution in [3.05, 3.63) is 64.7 Å². The van der Waals surface area contributed by atoms with Crippen LogP contribution in [0.4, 0.5) is 10.5 Å². The highest BCUT2D eigenvalue weighted by Gasteiger charge is 2.29. The first kappa shape index (κ1) is 18.3. The lowest BCUT2D eigenvalue weighted by molar-refractivity contribution is -0.117. The quantitative estimate of drug-likeness (QED) is 0.694. The van der Waals surface area contributed by atoms with Crippen molar-refractivity contribution >= 4 is 29.2 Å². The average molecular weight is 372 g/mol. The fourth-order valence-electron chi connectivity index (χ4n) is 2.61. The molecule has 3 rings (SSSR count). The second-order valence-corrected chi connectivity index (χ2v) is 6.89. The molecule has 2 aromatic rings. The molecule has 5 nitrogen and oxygen atoms in total. The van der Waals surface area contributed by atoms with Crippen LogP contribution in [0.1, 0.15) is 24.0 Å². The topological polar surface area (TPSA) is 70.2 Å². The Balaban J connectivity index is 1.40. The van der Waals surface area contributed by atoms with E-state index in [1.54, 1.807) is 0 Å². The lowest BCUT2D eigenvalue weighted by Crippen LogP contribution is -2.36. The number of nitrogens with one attached hydrogen (secondary N) is 3. The molecule has 1 fully saturated rings. The van der Waals surface area contributed by atoms with Gasteiger partial charge in [0.15, 0.2) is 0 Å². The molecule has 1 aliphatic rings. The summed E-state index contributed by atoms with van der Waals surface area (Å²) in [5.74, 6) is 0.246. The van der Waals surface area contributed by atoms with E-state index in [1.807, 2.05) is 48.5 Å². The number of anilines is 1. The minimum atomic E-state index is -0.223. The molecule has 1 aliphatic carbocycles. The van der Waals surface area contributed by atoms with Gasteiger partial charge >= 0.3 is 6.03 Å². The monoisotopic (exact) mass is 371 g/mol. The first-order valence-corrected chi connectivity index (χ1v) is 9.14. The van der Waals surface area contributed by atoms with Crippen LogP contribution in [0, 0.1) is 5.92 Å². The van der Waals surface area contributed by atoms with Crippen molar-refractivity contribution in [2.24, 2.45) is 5.92 Å². The molecule has 26 heavy (non-hydrogen) atoms. The molecule has 0 heterocycles. The van der Waals surface area contributed by atoms with Crippen LogP contribution in [0.5, 0.6) is 0 Å². The summed E-state index contributed by atoms with van der Waals surface area (Å²) < 4.78 is 0. The van der Waals surface area contributed by atoms with Crippen molar-refractivity contribution in [3.63, 3.8) is 0 Å². The summed E-state index contributed by atoms with van der Waals surface area (Å²) in [6, 6.07) is 14.9. The molecule has 6 heteroatoms. The normalized spacial score (nSPS) is 13.1. The summed E-state index contributed by atoms with van der Waals surface area (Å²) in [5.41, 5.74) is 2.78. The molecule has 3 N–H and O–H groups in total. The molecule has 0 bridgehead atoms. The zero-order valence-corrected chi connectivity index (χ0v) is 15.2. The Bertz CT molecular complexity index is 790. The Hall–Kier alpha value is -2.53. The standard InChI is InChI=1S/C20H22ClN3O2/c21-17-5-1-3-14(11-17)9-10-22-20(26)23-13-15-4-2-6-18(12-15)24-19(25)16-7-8-16/h1-6,11-12,16H,7-10,13H2,(H,24,25)(H2,22,23,26). The number of urea groups is 1. The van der Waals surface area contributed by atoms with Crippen LogP contribution in [-0.2, 0) is 17.8 Å². The van der Waals surface area contributed by atoms with Crippen LogP contribution in [0.15, 0.2) is 48.5 Å². The number of halogens is 1. The molecular weight excluding hydrogens is 350 g/mol. The summed E-state index contributed by atoms with van der Waals surface area (Å²) in [4.78, 5) is 23.7. The summed E-state index contributed by atoms with van der Waals surface area (Å²) in [6.07, 6.45) is 2.67. The van der Waals surface area contributed by atoms with Gasteiger partial charge in [-0.3, -0.25) is 4.79 Å². The average Bonchev–Trinajstić information content (AvgIpc) is 3.46. The maximum Gasteiger partial charge on any atom is 0.315 e. The molecule has 0 saturated heterocycles. The Morgan fingerprint density at radius 3 is 2.54 bits per heavy atom. The minimum absolute atomic E-state index is 0.0777. The third kappa shape index (κ3) is 5.77. The molecule has 0 spiro atoms. The molecule has 0 atom stereocenters. The van der Waals surface area contributed by atoms with E-state index in [-0.39, 0.29) is 17.9 Å². The van der Waals surface area contributed by atoms with Crippen molar-refractivity contribution in [3.8, 4) is 0 Å². The third-order valence-corrected chi connectivity index (χ3v) is 4.42. The van der Waals surface area contributed by atoms with Crippen LogP contribution < -0.4 is 16.0 Å². The first-order valence-electron chi connectivity index (χ1n) is 8.76. The smallest absolute Gasteiger partial charge is 0.315 e. The van der Waals surface area contributed by atoms with E-state index >= 15 is 0 Å². The van der Waals surface area contributed by atoms with Crippen molar-refractivity contribution < 1.29 is 9.59 Å². The van der Waals surface area contributed by atoms with Gasteiger partial charge in [-0.15, -0.1) is 0 Å². The van der Waals surface area contributed by atoms with Gasteiger partial charge in [0.2, 0.25) is 5.91 Å². The highest BCUT2D eigenvalue weighted by atomic mass is 35.5. The minimum Gasteiger partial charge on any atom is -0.338 e. The van der Waals surface area contributed by atoms with Crippen molar-refractivity contribution in [1.29, 1.82) is 0 Å². The Morgan fingerprint density at radius 1 is 1.00 bits per heavy atom. The lowest BCUT2D eigenvalue weighted by atomic mass is 10.1. The number of hydrogen-bond acceptors (Lipinski definition) is 2. The number of amides is 3. The second-order valence-electron chi connectivity index (χ2n) is 6.45. The molecule has 0 aliphatic heterocycles. The second kappa shape index (κ2) is 8.72. The highest BCUT2D eigenvalue weighted by Crippen LogP contribution is 2.30. The van der Waals surface area contributed by atoms with Gasteiger partial charge in [-0.25, -0.2) is 4.79 Å². The van der Waals surface area contributed by atoms with E-state index in [4.69, 9.17) is 11.6 Å². The van der Waals surface area contributed by atoms with Crippen LogP contribution >= 0.6 is 11.6 Å². The van der Waals surface area contributed by atoms with Crippen LogP contribution in [0.2, 0.25) is 5.02 Å². The maximum absolute atomic E-state index is 11.9. The molecule has 0 unspecified atom stereocenters. The van der Waals surface area contributed by atoms with Crippen LogP contribution in [-0.4, -0.2) is 18.5 Å². The predicted molar refractivity (Wildman–Crippen MR) is 103 cm³/mol. The van der Waals surface area contributed by atoms with E-state index in [2.05, 4.69) is 16.0 Å². The molecule has 1 saturated carbocycles. The SMILES string of the molecule is O=C(NCCc1cccc(Cl)c1)NCc1cccc(NC(=O)C2CC2)c1. The van der Waals surface area contributed by atoms with Gasteiger partial charge in [0, 0.05) is 29.7 Å². The van der Waals surface area contributed by atoms with Gasteiger partial charge in [-0.1, -0.05) is 35.9 Å². The Labute approximate surface area is 158 Å². The van der Waals surface area contributed by atoms with Crippen molar-refractivity contribution in [2.75, 3.05) is 11.9 Å². The maximum atomic E-state index is 11.9. The van der Waals surface area contributed by atoms with Gasteiger partial charge in [0.25, 0.3) is 0 Å². The number of rotatable bonds is 7. The predicted octanol–water partition coefficient (Wildman–Crippen LogP) is 3.73. The van der Waals surface area contributed by atoms with E-state index in [1.165, 1.54) is 0 Å². The number of carbonyl (C=O) groups excluding carboxylic acids is 2. The highest BCUT2D eigenvalue weighted by molar-refractivity contribution is 6.30. The number of hydrogen-bond donors (Lipinski definition) is 3. The van der Waals surface area contributed by atoms with E-state index in [9.17, 15) is 9.59 Å². The lowest BCUT2D eigenvalue weighted by Gasteiger charge is -2.10. The Kier molecular flexibility index (Phi) is 6.12. The fraction of sp³-hybridized carbons (Fsp3) is 0.300. The summed E-state index contributed by atoms with van der Waals surface area (Å²) >= 11 is 5.94. The van der Waals surface area contributed by atoms with Crippen molar-refractivity contribution in [2.45, 2.75) is 25.8 Å². The van der Waals surface area contributed by atoms with Crippen LogP contribution in [0.25, 0.3) is 0 Å². The zero-order chi connectivity index (χ0) is 18.4. The first-order chi connectivity index (χ1) is 12.6. The number of benzene rings is 2. The molecule has 2 aromatic carbocycles. The summed E-state index contributed by atoms with van der Waals surface area (Å²) in [6.45, 7) is 0.930. The van der Waals surface area contributed by atoms with Gasteiger partial charge in [-0.05, 0) is 54.7 Å². The summed E-state index contributed by atoms with van der Waals surface area (Å²) in [7, 11) is 0. The van der Waals surface area contributed by atoms with E-state index < -0.39 is 0 Å². The third-order valence-electron chi connectivity index (χ3n) is 4.18. The molecule has 136 valence electrons. The molecule has 3 amide bonds. The van der Waals surface area contributed by atoms with E-state index in [0.29, 0.717) is 18.1 Å². The largest absolute Gasteiger partial charge is 0.338 e.